The second-order valence-electron chi connectivity index (χ2n) is 5.48. The maximum atomic E-state index is 5.66. The molecule has 1 saturated carbocycles. The van der Waals surface area contributed by atoms with E-state index in [1.54, 1.807) is 0 Å². The summed E-state index contributed by atoms with van der Waals surface area (Å²) in [7, 11) is 0. The van der Waals surface area contributed by atoms with Gasteiger partial charge in [-0.2, -0.15) is 5.10 Å². The molecule has 1 aromatic heterocycles. The van der Waals surface area contributed by atoms with E-state index < -0.39 is 0 Å². The molecule has 1 aliphatic carbocycles. The monoisotopic (exact) mass is 207 g/mol. The van der Waals surface area contributed by atoms with Crippen molar-refractivity contribution in [1.82, 2.24) is 9.78 Å². The van der Waals surface area contributed by atoms with Gasteiger partial charge in [-0.15, -0.1) is 0 Å². The predicted octanol–water partition coefficient (Wildman–Crippen LogP) is 2.36. The summed E-state index contributed by atoms with van der Waals surface area (Å²) in [5.41, 5.74) is 8.13. The lowest BCUT2D eigenvalue weighted by Gasteiger charge is -2.30. The number of rotatable bonds is 2. The smallest absolute Gasteiger partial charge is 0.0763 e. The van der Waals surface area contributed by atoms with Crippen LogP contribution in [0.5, 0.6) is 0 Å². The lowest BCUT2D eigenvalue weighted by Crippen LogP contribution is -2.28. The molecule has 1 fully saturated rings. The van der Waals surface area contributed by atoms with E-state index in [2.05, 4.69) is 36.6 Å². The van der Waals surface area contributed by atoms with Gasteiger partial charge in [0, 0.05) is 18.2 Å². The molecule has 0 radical (unpaired) electrons. The molecule has 0 amide bonds. The fourth-order valence-corrected chi connectivity index (χ4v) is 2.08. The van der Waals surface area contributed by atoms with E-state index in [9.17, 15) is 0 Å². The minimum atomic E-state index is 0.0678. The van der Waals surface area contributed by atoms with Crippen molar-refractivity contribution in [2.45, 2.75) is 58.0 Å². The standard InChI is InChI=1S/C12H21N3/c1-12(2,3)15-11(9-5-4-6-9)7-10(8-13)14-15/h7,9H,4-6,8,13H2,1-3H3. The average Bonchev–Trinajstić information content (AvgIpc) is 2.44. The van der Waals surface area contributed by atoms with Crippen LogP contribution in [0.4, 0.5) is 0 Å². The Bertz CT molecular complexity index is 342. The molecule has 0 bridgehead atoms. The highest BCUT2D eigenvalue weighted by molar-refractivity contribution is 5.18. The van der Waals surface area contributed by atoms with Crippen molar-refractivity contribution < 1.29 is 0 Å². The summed E-state index contributed by atoms with van der Waals surface area (Å²) in [4.78, 5) is 0. The Hall–Kier alpha value is -0.830. The van der Waals surface area contributed by atoms with Crippen LogP contribution in [-0.2, 0) is 12.1 Å². The first-order valence-corrected chi connectivity index (χ1v) is 5.82. The van der Waals surface area contributed by atoms with Gasteiger partial charge < -0.3 is 5.73 Å². The Balaban J connectivity index is 2.37. The Morgan fingerprint density at radius 3 is 2.53 bits per heavy atom. The third-order valence-electron chi connectivity index (χ3n) is 3.16. The van der Waals surface area contributed by atoms with Crippen molar-refractivity contribution in [2.75, 3.05) is 0 Å². The van der Waals surface area contributed by atoms with Gasteiger partial charge in [-0.1, -0.05) is 6.42 Å². The molecular weight excluding hydrogens is 186 g/mol. The van der Waals surface area contributed by atoms with Crippen LogP contribution in [-0.4, -0.2) is 9.78 Å². The van der Waals surface area contributed by atoms with Gasteiger partial charge in [-0.3, -0.25) is 4.68 Å². The summed E-state index contributed by atoms with van der Waals surface area (Å²) in [5, 5.41) is 4.59. The van der Waals surface area contributed by atoms with Crippen LogP contribution in [0.25, 0.3) is 0 Å². The van der Waals surface area contributed by atoms with E-state index in [0.717, 1.165) is 11.6 Å². The molecule has 0 spiro atoms. The maximum absolute atomic E-state index is 5.66. The normalized spacial score (nSPS) is 17.9. The van der Waals surface area contributed by atoms with Crippen LogP contribution in [0.1, 0.15) is 57.3 Å². The van der Waals surface area contributed by atoms with Crippen molar-refractivity contribution in [2.24, 2.45) is 5.73 Å². The first-order valence-electron chi connectivity index (χ1n) is 5.82. The lowest BCUT2D eigenvalue weighted by molar-refractivity contribution is 0.306. The molecule has 0 aromatic carbocycles. The summed E-state index contributed by atoms with van der Waals surface area (Å²) in [6.45, 7) is 7.14. The van der Waals surface area contributed by atoms with Crippen molar-refractivity contribution >= 4 is 0 Å². The first-order chi connectivity index (χ1) is 7.02. The summed E-state index contributed by atoms with van der Waals surface area (Å²) >= 11 is 0. The fraction of sp³-hybridized carbons (Fsp3) is 0.750. The summed E-state index contributed by atoms with van der Waals surface area (Å²) in [5.74, 6) is 0.719. The molecule has 15 heavy (non-hydrogen) atoms. The number of nitrogens with zero attached hydrogens (tertiary/aromatic N) is 2. The predicted molar refractivity (Wildman–Crippen MR) is 61.7 cm³/mol. The van der Waals surface area contributed by atoms with Gasteiger partial charge in [0.1, 0.15) is 0 Å². The first kappa shape index (κ1) is 10.7. The minimum absolute atomic E-state index is 0.0678. The fourth-order valence-electron chi connectivity index (χ4n) is 2.08. The molecule has 0 saturated heterocycles. The second kappa shape index (κ2) is 3.63. The number of nitrogens with two attached hydrogens (primary N) is 1. The van der Waals surface area contributed by atoms with Gasteiger partial charge in [0.05, 0.1) is 11.2 Å². The highest BCUT2D eigenvalue weighted by Crippen LogP contribution is 2.38. The van der Waals surface area contributed by atoms with Crippen LogP contribution in [0.2, 0.25) is 0 Å². The zero-order valence-electron chi connectivity index (χ0n) is 9.95. The quantitative estimate of drug-likeness (QED) is 0.809. The van der Waals surface area contributed by atoms with E-state index in [1.165, 1.54) is 25.0 Å². The van der Waals surface area contributed by atoms with Crippen molar-refractivity contribution in [1.29, 1.82) is 0 Å². The number of hydrogen-bond donors (Lipinski definition) is 1. The van der Waals surface area contributed by atoms with Gasteiger partial charge in [0.2, 0.25) is 0 Å². The average molecular weight is 207 g/mol. The summed E-state index contributed by atoms with van der Waals surface area (Å²) in [6, 6.07) is 2.19. The molecule has 0 aliphatic heterocycles. The van der Waals surface area contributed by atoms with Crippen LogP contribution < -0.4 is 5.73 Å². The van der Waals surface area contributed by atoms with E-state index in [4.69, 9.17) is 5.73 Å². The number of aromatic nitrogens is 2. The summed E-state index contributed by atoms with van der Waals surface area (Å²) < 4.78 is 2.17. The Labute approximate surface area is 91.7 Å². The molecule has 3 heteroatoms. The third-order valence-corrected chi connectivity index (χ3v) is 3.16. The molecule has 2 N–H and O–H groups in total. The lowest BCUT2D eigenvalue weighted by atomic mass is 9.82. The molecule has 1 aliphatic rings. The van der Waals surface area contributed by atoms with Gasteiger partial charge >= 0.3 is 0 Å². The Morgan fingerprint density at radius 2 is 2.13 bits per heavy atom. The van der Waals surface area contributed by atoms with Gasteiger partial charge in [0.25, 0.3) is 0 Å². The molecule has 1 heterocycles. The minimum Gasteiger partial charge on any atom is -0.325 e. The molecule has 2 rings (SSSR count). The largest absolute Gasteiger partial charge is 0.325 e. The molecule has 0 unspecified atom stereocenters. The zero-order valence-corrected chi connectivity index (χ0v) is 9.95. The SMILES string of the molecule is CC(C)(C)n1nc(CN)cc1C1CCC1. The topological polar surface area (TPSA) is 43.8 Å². The van der Waals surface area contributed by atoms with E-state index >= 15 is 0 Å². The van der Waals surface area contributed by atoms with E-state index in [-0.39, 0.29) is 5.54 Å². The highest BCUT2D eigenvalue weighted by atomic mass is 15.3. The molecule has 3 nitrogen and oxygen atoms in total. The van der Waals surface area contributed by atoms with E-state index in [0.29, 0.717) is 6.54 Å². The molecular formula is C12H21N3. The van der Waals surface area contributed by atoms with Crippen molar-refractivity contribution in [3.8, 4) is 0 Å². The van der Waals surface area contributed by atoms with Crippen LogP contribution in [0.3, 0.4) is 0 Å². The van der Waals surface area contributed by atoms with Crippen molar-refractivity contribution in [3.63, 3.8) is 0 Å². The van der Waals surface area contributed by atoms with Gasteiger partial charge in [-0.25, -0.2) is 0 Å². The van der Waals surface area contributed by atoms with Gasteiger partial charge in [0.15, 0.2) is 0 Å². The number of hydrogen-bond acceptors (Lipinski definition) is 2. The summed E-state index contributed by atoms with van der Waals surface area (Å²) in [6.07, 6.45) is 3.98. The molecule has 1 aromatic rings. The van der Waals surface area contributed by atoms with E-state index in [1.807, 2.05) is 0 Å². The molecule has 0 atom stereocenters. The Kier molecular flexibility index (Phi) is 2.59. The third kappa shape index (κ3) is 1.93. The highest BCUT2D eigenvalue weighted by Gasteiger charge is 2.28. The second-order valence-corrected chi connectivity index (χ2v) is 5.48. The Morgan fingerprint density at radius 1 is 1.47 bits per heavy atom. The molecule has 84 valence electrons. The maximum Gasteiger partial charge on any atom is 0.0763 e. The van der Waals surface area contributed by atoms with Gasteiger partial charge in [-0.05, 0) is 39.7 Å². The van der Waals surface area contributed by atoms with Crippen LogP contribution in [0, 0.1) is 0 Å². The van der Waals surface area contributed by atoms with Crippen molar-refractivity contribution in [3.05, 3.63) is 17.5 Å². The van der Waals surface area contributed by atoms with Crippen LogP contribution >= 0.6 is 0 Å². The van der Waals surface area contributed by atoms with Crippen LogP contribution in [0.15, 0.2) is 6.07 Å². The zero-order chi connectivity index (χ0) is 11.1.